The molecule has 0 aromatic heterocycles. The van der Waals surface area contributed by atoms with Crippen LogP contribution in [0, 0.1) is 0 Å². The van der Waals surface area contributed by atoms with Gasteiger partial charge in [0.15, 0.2) is 11.5 Å². The van der Waals surface area contributed by atoms with E-state index in [4.69, 9.17) is 21.1 Å². The molecule has 1 aromatic carbocycles. The van der Waals surface area contributed by atoms with E-state index in [2.05, 4.69) is 0 Å². The second kappa shape index (κ2) is 6.50. The molecule has 0 fully saturated rings. The van der Waals surface area contributed by atoms with Gasteiger partial charge < -0.3 is 14.3 Å². The first-order valence-electron chi connectivity index (χ1n) is 5.44. The molecule has 0 saturated carbocycles. The van der Waals surface area contributed by atoms with E-state index >= 15 is 0 Å². The van der Waals surface area contributed by atoms with E-state index in [1.54, 1.807) is 21.1 Å². The van der Waals surface area contributed by atoms with Gasteiger partial charge in [-0.2, -0.15) is 0 Å². The highest BCUT2D eigenvalue weighted by atomic mass is 35.5. The first-order valence-corrected chi connectivity index (χ1v) is 5.87. The van der Waals surface area contributed by atoms with Gasteiger partial charge >= 0.3 is 0 Å². The summed E-state index contributed by atoms with van der Waals surface area (Å²) >= 11 is 6.23. The van der Waals surface area contributed by atoms with Crippen LogP contribution in [0.25, 0.3) is 0 Å². The summed E-state index contributed by atoms with van der Waals surface area (Å²) in [5, 5.41) is -0.182. The Labute approximate surface area is 107 Å². The Hall–Kier alpha value is -1.22. The SMILES string of the molecule is COc1ccc(C(Cl)CCC(C)=O)cc1OC. The van der Waals surface area contributed by atoms with Crippen molar-refractivity contribution >= 4 is 17.4 Å². The predicted octanol–water partition coefficient (Wildman–Crippen LogP) is 3.35. The molecule has 0 heterocycles. The molecule has 1 atom stereocenters. The van der Waals surface area contributed by atoms with Crippen molar-refractivity contribution < 1.29 is 14.3 Å². The number of halogens is 1. The molecule has 1 rings (SSSR count). The maximum Gasteiger partial charge on any atom is 0.161 e. The maximum atomic E-state index is 10.9. The van der Waals surface area contributed by atoms with Crippen molar-refractivity contribution in [2.24, 2.45) is 0 Å². The number of ketones is 1. The van der Waals surface area contributed by atoms with E-state index in [1.807, 2.05) is 18.2 Å². The molecule has 0 radical (unpaired) electrons. The Bertz CT molecular complexity index is 390. The summed E-state index contributed by atoms with van der Waals surface area (Å²) in [7, 11) is 3.17. The molecule has 0 bridgehead atoms. The third-order valence-corrected chi connectivity index (χ3v) is 2.99. The third-order valence-electron chi connectivity index (χ3n) is 2.52. The quantitative estimate of drug-likeness (QED) is 0.732. The number of hydrogen-bond acceptors (Lipinski definition) is 3. The number of rotatable bonds is 6. The van der Waals surface area contributed by atoms with Gasteiger partial charge in [0.2, 0.25) is 0 Å². The Morgan fingerprint density at radius 2 is 1.94 bits per heavy atom. The molecule has 0 aliphatic rings. The summed E-state index contributed by atoms with van der Waals surface area (Å²) in [6, 6.07) is 5.55. The van der Waals surface area contributed by atoms with Crippen LogP contribution >= 0.6 is 11.6 Å². The molecule has 1 unspecified atom stereocenters. The van der Waals surface area contributed by atoms with Crippen LogP contribution in [0.15, 0.2) is 18.2 Å². The van der Waals surface area contributed by atoms with E-state index in [-0.39, 0.29) is 11.2 Å². The fourth-order valence-electron chi connectivity index (χ4n) is 1.54. The second-order valence-corrected chi connectivity index (χ2v) is 4.35. The number of methoxy groups -OCH3 is 2. The highest BCUT2D eigenvalue weighted by molar-refractivity contribution is 6.20. The maximum absolute atomic E-state index is 10.9. The number of ether oxygens (including phenoxy) is 2. The zero-order valence-electron chi connectivity index (χ0n) is 10.3. The highest BCUT2D eigenvalue weighted by Crippen LogP contribution is 2.33. The standard InChI is InChI=1S/C13H17ClO3/c1-9(15)4-6-11(14)10-5-7-12(16-2)13(8-10)17-3/h5,7-8,11H,4,6H2,1-3H3. The topological polar surface area (TPSA) is 35.5 Å². The molecule has 0 N–H and O–H groups in total. The molecule has 0 amide bonds. The zero-order chi connectivity index (χ0) is 12.8. The first kappa shape index (κ1) is 13.8. The van der Waals surface area contributed by atoms with Gasteiger partial charge in [0.25, 0.3) is 0 Å². The van der Waals surface area contributed by atoms with Crippen LogP contribution in [0.2, 0.25) is 0 Å². The van der Waals surface area contributed by atoms with Gasteiger partial charge in [0.05, 0.1) is 19.6 Å². The van der Waals surface area contributed by atoms with Crippen molar-refractivity contribution in [1.29, 1.82) is 0 Å². The number of alkyl halides is 1. The summed E-state index contributed by atoms with van der Waals surface area (Å²) in [6.07, 6.45) is 1.12. The molecule has 1 aromatic rings. The first-order chi connectivity index (χ1) is 8.08. The van der Waals surface area contributed by atoms with Gasteiger partial charge in [0, 0.05) is 6.42 Å². The van der Waals surface area contributed by atoms with Crippen LogP contribution in [0.3, 0.4) is 0 Å². The summed E-state index contributed by atoms with van der Waals surface area (Å²) in [5.74, 6) is 1.47. The molecular weight excluding hydrogens is 240 g/mol. The Kier molecular flexibility index (Phi) is 5.29. The van der Waals surface area contributed by atoms with Crippen molar-refractivity contribution in [3.05, 3.63) is 23.8 Å². The molecule has 3 nitrogen and oxygen atoms in total. The lowest BCUT2D eigenvalue weighted by molar-refractivity contribution is -0.117. The highest BCUT2D eigenvalue weighted by Gasteiger charge is 2.12. The second-order valence-electron chi connectivity index (χ2n) is 3.82. The number of benzene rings is 1. The average molecular weight is 257 g/mol. The molecule has 4 heteroatoms. The lowest BCUT2D eigenvalue weighted by Crippen LogP contribution is -1.97. The summed E-state index contributed by atoms with van der Waals surface area (Å²) in [5.41, 5.74) is 0.936. The molecule has 94 valence electrons. The van der Waals surface area contributed by atoms with Crippen molar-refractivity contribution in [2.45, 2.75) is 25.1 Å². The minimum absolute atomic E-state index is 0.149. The third kappa shape index (κ3) is 3.93. The van der Waals surface area contributed by atoms with Gasteiger partial charge in [-0.3, -0.25) is 0 Å². The summed E-state index contributed by atoms with van der Waals surface area (Å²) < 4.78 is 10.3. The van der Waals surface area contributed by atoms with Gasteiger partial charge in [0.1, 0.15) is 5.78 Å². The number of Topliss-reactive ketones (excluding diaryl/α,β-unsaturated/α-hetero) is 1. The Morgan fingerprint density at radius 1 is 1.29 bits per heavy atom. The predicted molar refractivity (Wildman–Crippen MR) is 68.1 cm³/mol. The minimum Gasteiger partial charge on any atom is -0.493 e. The fourth-order valence-corrected chi connectivity index (χ4v) is 1.79. The lowest BCUT2D eigenvalue weighted by Gasteiger charge is -2.12. The largest absolute Gasteiger partial charge is 0.493 e. The van der Waals surface area contributed by atoms with E-state index in [0.29, 0.717) is 24.3 Å². The van der Waals surface area contributed by atoms with E-state index in [0.717, 1.165) is 5.56 Å². The van der Waals surface area contributed by atoms with Gasteiger partial charge in [-0.05, 0) is 31.0 Å². The zero-order valence-corrected chi connectivity index (χ0v) is 11.1. The van der Waals surface area contributed by atoms with E-state index < -0.39 is 0 Å². The van der Waals surface area contributed by atoms with Crippen LogP contribution in [-0.2, 0) is 4.79 Å². The van der Waals surface area contributed by atoms with Crippen LogP contribution in [-0.4, -0.2) is 20.0 Å². The van der Waals surface area contributed by atoms with Crippen molar-refractivity contribution in [3.8, 4) is 11.5 Å². The van der Waals surface area contributed by atoms with Gasteiger partial charge in [-0.25, -0.2) is 0 Å². The fraction of sp³-hybridized carbons (Fsp3) is 0.462. The monoisotopic (exact) mass is 256 g/mol. The summed E-state index contributed by atoms with van der Waals surface area (Å²) in [6.45, 7) is 1.57. The molecule has 0 aliphatic carbocycles. The Balaban J connectivity index is 2.80. The molecule has 0 aliphatic heterocycles. The number of carbonyl (C=O) groups excluding carboxylic acids is 1. The lowest BCUT2D eigenvalue weighted by atomic mass is 10.1. The van der Waals surface area contributed by atoms with E-state index in [9.17, 15) is 4.79 Å². The molecule has 0 spiro atoms. The van der Waals surface area contributed by atoms with Crippen LogP contribution < -0.4 is 9.47 Å². The smallest absolute Gasteiger partial charge is 0.161 e. The van der Waals surface area contributed by atoms with Crippen LogP contribution in [0.1, 0.15) is 30.7 Å². The normalized spacial score (nSPS) is 12.0. The van der Waals surface area contributed by atoms with Gasteiger partial charge in [-0.1, -0.05) is 6.07 Å². The van der Waals surface area contributed by atoms with Gasteiger partial charge in [-0.15, -0.1) is 11.6 Å². The summed E-state index contributed by atoms with van der Waals surface area (Å²) in [4.78, 5) is 10.9. The van der Waals surface area contributed by atoms with Crippen molar-refractivity contribution in [3.63, 3.8) is 0 Å². The van der Waals surface area contributed by atoms with E-state index in [1.165, 1.54) is 0 Å². The minimum atomic E-state index is -0.182. The van der Waals surface area contributed by atoms with Crippen molar-refractivity contribution in [1.82, 2.24) is 0 Å². The number of hydrogen-bond donors (Lipinski definition) is 0. The van der Waals surface area contributed by atoms with Crippen LogP contribution in [0.5, 0.6) is 11.5 Å². The molecule has 17 heavy (non-hydrogen) atoms. The Morgan fingerprint density at radius 3 is 2.47 bits per heavy atom. The molecule has 0 saturated heterocycles. The molecular formula is C13H17ClO3. The van der Waals surface area contributed by atoms with Crippen molar-refractivity contribution in [2.75, 3.05) is 14.2 Å². The average Bonchev–Trinajstić information content (AvgIpc) is 2.34. The van der Waals surface area contributed by atoms with Crippen LogP contribution in [0.4, 0.5) is 0 Å². The number of carbonyl (C=O) groups is 1.